The predicted octanol–water partition coefficient (Wildman–Crippen LogP) is 3.31. The van der Waals surface area contributed by atoms with Crippen molar-refractivity contribution >= 4 is 17.7 Å². The lowest BCUT2D eigenvalue weighted by atomic mass is 10.1. The van der Waals surface area contributed by atoms with Gasteiger partial charge in [-0.2, -0.15) is 18.4 Å². The van der Waals surface area contributed by atoms with Gasteiger partial charge < -0.3 is 9.73 Å². The molecule has 1 amide bonds. The zero-order chi connectivity index (χ0) is 14.5. The molecule has 1 aromatic heterocycles. The molecule has 0 bridgehead atoms. The van der Waals surface area contributed by atoms with Gasteiger partial charge >= 0.3 is 5.51 Å². The molecule has 1 unspecified atom stereocenters. The van der Waals surface area contributed by atoms with Crippen molar-refractivity contribution in [3.8, 4) is 6.07 Å². The molecule has 0 aliphatic carbocycles. The molecular formula is C11H11F3N2O2S. The van der Waals surface area contributed by atoms with Crippen LogP contribution in [-0.4, -0.2) is 17.5 Å². The number of furan rings is 1. The third kappa shape index (κ3) is 5.26. The van der Waals surface area contributed by atoms with Gasteiger partial charge in [-0.05, 0) is 18.6 Å². The van der Waals surface area contributed by atoms with Crippen LogP contribution in [0.3, 0.4) is 0 Å². The van der Waals surface area contributed by atoms with E-state index in [1.807, 2.05) is 6.07 Å². The first-order valence-electron chi connectivity index (χ1n) is 5.39. The summed E-state index contributed by atoms with van der Waals surface area (Å²) in [5, 5.41) is 10.6. The van der Waals surface area contributed by atoms with E-state index in [1.165, 1.54) is 6.07 Å². The third-order valence-electron chi connectivity index (χ3n) is 2.19. The number of halogens is 3. The number of nitrogens with zero attached hydrogens (tertiary/aromatic N) is 1. The number of nitrogens with one attached hydrogen (secondary N) is 1. The van der Waals surface area contributed by atoms with Crippen LogP contribution < -0.4 is 5.32 Å². The van der Waals surface area contributed by atoms with Gasteiger partial charge in [-0.15, -0.1) is 0 Å². The maximum atomic E-state index is 12.1. The summed E-state index contributed by atoms with van der Waals surface area (Å²) in [6.45, 7) is 1.79. The fourth-order valence-electron chi connectivity index (χ4n) is 1.28. The van der Waals surface area contributed by atoms with Crippen LogP contribution in [0, 0.1) is 11.3 Å². The molecule has 1 atom stereocenters. The van der Waals surface area contributed by atoms with Crippen molar-refractivity contribution in [2.24, 2.45) is 0 Å². The fourth-order valence-corrected chi connectivity index (χ4v) is 1.77. The van der Waals surface area contributed by atoms with E-state index in [0.29, 0.717) is 6.42 Å². The molecule has 1 aromatic rings. The Morgan fingerprint density at radius 2 is 2.26 bits per heavy atom. The van der Waals surface area contributed by atoms with Crippen LogP contribution in [0.5, 0.6) is 0 Å². The van der Waals surface area contributed by atoms with Crippen LogP contribution in [0.4, 0.5) is 13.2 Å². The Balaban J connectivity index is 2.66. The minimum absolute atomic E-state index is 0.132. The first-order chi connectivity index (χ1) is 8.85. The van der Waals surface area contributed by atoms with Gasteiger partial charge in [0.05, 0.1) is 12.5 Å². The number of carbonyl (C=O) groups is 1. The van der Waals surface area contributed by atoms with Crippen LogP contribution in [0.2, 0.25) is 0 Å². The smallest absolute Gasteiger partial charge is 0.444 e. The molecule has 1 heterocycles. The van der Waals surface area contributed by atoms with Gasteiger partial charge in [0.2, 0.25) is 0 Å². The van der Waals surface area contributed by atoms with Gasteiger partial charge in [0, 0.05) is 17.8 Å². The summed E-state index contributed by atoms with van der Waals surface area (Å²) < 4.78 is 41.0. The Bertz CT molecular complexity index is 479. The zero-order valence-electron chi connectivity index (χ0n) is 9.95. The molecule has 0 aliphatic rings. The summed E-state index contributed by atoms with van der Waals surface area (Å²) in [6, 6.07) is 3.82. The largest absolute Gasteiger partial charge is 0.449 e. The van der Waals surface area contributed by atoms with Crippen LogP contribution in [0.15, 0.2) is 21.6 Å². The number of thioether (sulfide) groups is 1. The Morgan fingerprint density at radius 3 is 2.79 bits per heavy atom. The highest BCUT2D eigenvalue weighted by atomic mass is 32.2. The van der Waals surface area contributed by atoms with Crippen LogP contribution in [-0.2, 0) is 0 Å². The van der Waals surface area contributed by atoms with Gasteiger partial charge in [-0.3, -0.25) is 4.79 Å². The lowest BCUT2D eigenvalue weighted by molar-refractivity contribution is -0.0335. The summed E-state index contributed by atoms with van der Waals surface area (Å²) in [6.07, 6.45) is 0.678. The molecule has 0 aliphatic heterocycles. The molecule has 0 radical (unpaired) electrons. The van der Waals surface area contributed by atoms with Gasteiger partial charge in [0.15, 0.2) is 10.9 Å². The lowest BCUT2D eigenvalue weighted by Crippen LogP contribution is -2.33. The Hall–Kier alpha value is -1.62. The van der Waals surface area contributed by atoms with Gasteiger partial charge in [-0.25, -0.2) is 0 Å². The van der Waals surface area contributed by atoms with Gasteiger partial charge in [0.25, 0.3) is 5.91 Å². The van der Waals surface area contributed by atoms with Crippen molar-refractivity contribution in [3.63, 3.8) is 0 Å². The second-order valence-electron chi connectivity index (χ2n) is 3.61. The highest BCUT2D eigenvalue weighted by Gasteiger charge is 2.31. The highest BCUT2D eigenvalue weighted by Crippen LogP contribution is 2.37. The third-order valence-corrected chi connectivity index (χ3v) is 2.84. The van der Waals surface area contributed by atoms with E-state index in [9.17, 15) is 18.0 Å². The maximum Gasteiger partial charge on any atom is 0.449 e. The average Bonchev–Trinajstić information content (AvgIpc) is 2.74. The molecular weight excluding hydrogens is 281 g/mol. The molecule has 19 heavy (non-hydrogen) atoms. The van der Waals surface area contributed by atoms with Crippen molar-refractivity contribution in [2.75, 3.05) is 0 Å². The molecule has 0 aromatic carbocycles. The fraction of sp³-hybridized carbons (Fsp3) is 0.455. The van der Waals surface area contributed by atoms with E-state index in [0.717, 1.165) is 6.07 Å². The quantitative estimate of drug-likeness (QED) is 0.845. The number of carbonyl (C=O) groups excluding carboxylic acids is 1. The van der Waals surface area contributed by atoms with E-state index >= 15 is 0 Å². The Kier molecular flexibility index (Phi) is 5.30. The number of hydrogen-bond donors (Lipinski definition) is 1. The monoisotopic (exact) mass is 292 g/mol. The van der Waals surface area contributed by atoms with Crippen molar-refractivity contribution < 1.29 is 22.4 Å². The van der Waals surface area contributed by atoms with Crippen LogP contribution in [0.1, 0.15) is 30.3 Å². The first-order valence-corrected chi connectivity index (χ1v) is 6.20. The highest BCUT2D eigenvalue weighted by molar-refractivity contribution is 8.00. The summed E-state index contributed by atoms with van der Waals surface area (Å²) in [7, 11) is 0. The molecule has 8 heteroatoms. The number of hydrogen-bond acceptors (Lipinski definition) is 4. The number of rotatable bonds is 5. The molecule has 0 fully saturated rings. The van der Waals surface area contributed by atoms with Crippen molar-refractivity contribution in [2.45, 2.75) is 36.4 Å². The molecule has 0 saturated heterocycles. The predicted molar refractivity (Wildman–Crippen MR) is 62.4 cm³/mol. The Morgan fingerprint density at radius 1 is 1.58 bits per heavy atom. The summed E-state index contributed by atoms with van der Waals surface area (Å²) >= 11 is -0.425. The second-order valence-corrected chi connectivity index (χ2v) is 4.68. The van der Waals surface area contributed by atoms with Crippen LogP contribution in [0.25, 0.3) is 0 Å². The van der Waals surface area contributed by atoms with E-state index in [2.05, 4.69) is 5.32 Å². The standard InChI is InChI=1S/C11H11F3N2O2S/c1-2-7(5-6-15)16-10(17)8-3-4-9(18-8)19-11(12,13)14/h3-4,7H,2,5H2,1H3,(H,16,17). The normalized spacial score (nSPS) is 12.8. The van der Waals surface area contributed by atoms with E-state index in [1.54, 1.807) is 6.92 Å². The minimum atomic E-state index is -4.46. The van der Waals surface area contributed by atoms with Crippen molar-refractivity contribution in [3.05, 3.63) is 17.9 Å². The summed E-state index contributed by atoms with van der Waals surface area (Å²) in [5.41, 5.74) is -4.46. The van der Waals surface area contributed by atoms with Crippen molar-refractivity contribution in [1.82, 2.24) is 5.32 Å². The van der Waals surface area contributed by atoms with Gasteiger partial charge in [-0.1, -0.05) is 6.92 Å². The van der Waals surface area contributed by atoms with Crippen molar-refractivity contribution in [1.29, 1.82) is 5.26 Å². The van der Waals surface area contributed by atoms with E-state index in [-0.39, 0.29) is 18.2 Å². The summed E-state index contributed by atoms with van der Waals surface area (Å²) in [4.78, 5) is 11.7. The topological polar surface area (TPSA) is 66.0 Å². The number of alkyl halides is 3. The molecule has 1 rings (SSSR count). The Labute approximate surface area is 112 Å². The second kappa shape index (κ2) is 6.52. The first kappa shape index (κ1) is 15.4. The summed E-state index contributed by atoms with van der Waals surface area (Å²) in [5.74, 6) is -0.834. The lowest BCUT2D eigenvalue weighted by Gasteiger charge is -2.11. The minimum Gasteiger partial charge on any atom is -0.444 e. The SMILES string of the molecule is CCC(CC#N)NC(=O)c1ccc(SC(F)(F)F)o1. The van der Waals surface area contributed by atoms with Crippen LogP contribution >= 0.6 is 11.8 Å². The molecule has 0 saturated carbocycles. The average molecular weight is 292 g/mol. The molecule has 1 N–H and O–H groups in total. The maximum absolute atomic E-state index is 12.1. The molecule has 0 spiro atoms. The van der Waals surface area contributed by atoms with E-state index in [4.69, 9.17) is 9.68 Å². The van der Waals surface area contributed by atoms with E-state index < -0.39 is 28.3 Å². The van der Waals surface area contributed by atoms with Gasteiger partial charge in [0.1, 0.15) is 0 Å². The number of nitriles is 1. The molecule has 104 valence electrons. The number of amides is 1. The molecule has 4 nitrogen and oxygen atoms in total. The zero-order valence-corrected chi connectivity index (χ0v) is 10.8.